The van der Waals surface area contributed by atoms with Gasteiger partial charge in [-0.05, 0) is 37.6 Å². The molecule has 5 nitrogen and oxygen atoms in total. The van der Waals surface area contributed by atoms with Gasteiger partial charge in [0.05, 0.1) is 16.9 Å². The summed E-state index contributed by atoms with van der Waals surface area (Å²) >= 11 is 6.20. The van der Waals surface area contributed by atoms with E-state index in [-0.39, 0.29) is 0 Å². The van der Waals surface area contributed by atoms with Crippen molar-refractivity contribution in [3.63, 3.8) is 0 Å². The number of hydrogen-bond donors (Lipinski definition) is 1. The molecule has 0 fully saturated rings. The topological polar surface area (TPSA) is 63.7 Å². The normalized spacial score (nSPS) is 11.0. The minimum Gasteiger partial charge on any atom is -0.487 e. The zero-order chi connectivity index (χ0) is 18.1. The van der Waals surface area contributed by atoms with Gasteiger partial charge in [0.15, 0.2) is 0 Å². The average Bonchev–Trinajstić information content (AvgIpc) is 3.06. The number of fused-ring (bicyclic) bond motifs is 1. The van der Waals surface area contributed by atoms with Gasteiger partial charge in [-0.2, -0.15) is 5.10 Å². The summed E-state index contributed by atoms with van der Waals surface area (Å²) in [6, 6.07) is 9.74. The molecular weight excluding hydrogens is 348 g/mol. The molecule has 0 radical (unpaired) electrons. The van der Waals surface area contributed by atoms with Crippen LogP contribution in [0.3, 0.4) is 0 Å². The molecule has 4 rings (SSSR count). The number of halogens is 1. The van der Waals surface area contributed by atoms with E-state index in [1.54, 1.807) is 18.5 Å². The molecule has 4 aromatic rings. The standard InChI is InChI=1S/C20H17ClN4O/c1-12-9-23-25-19(12)16-8-13(2)24-20-15(16)4-3-5-18(20)26-11-14-10-22-7-6-17(14)21/h3-10H,11H2,1-2H3,(H,23,25). The number of aromatic nitrogens is 4. The molecule has 6 heteroatoms. The van der Waals surface area contributed by atoms with Crippen LogP contribution in [-0.4, -0.2) is 20.2 Å². The van der Waals surface area contributed by atoms with E-state index in [9.17, 15) is 0 Å². The van der Waals surface area contributed by atoms with Crippen LogP contribution in [0.5, 0.6) is 5.75 Å². The predicted molar refractivity (Wildman–Crippen MR) is 102 cm³/mol. The number of aryl methyl sites for hydroxylation is 2. The first-order chi connectivity index (χ1) is 12.6. The van der Waals surface area contributed by atoms with Gasteiger partial charge >= 0.3 is 0 Å². The SMILES string of the molecule is Cc1cc(-c2[nH]ncc2C)c2cccc(OCc3cnccc3Cl)c2n1. The van der Waals surface area contributed by atoms with E-state index in [0.717, 1.165) is 39.0 Å². The molecule has 0 aliphatic heterocycles. The number of pyridine rings is 2. The van der Waals surface area contributed by atoms with Crippen molar-refractivity contribution in [1.82, 2.24) is 20.2 Å². The van der Waals surface area contributed by atoms with E-state index >= 15 is 0 Å². The fourth-order valence-electron chi connectivity index (χ4n) is 2.96. The summed E-state index contributed by atoms with van der Waals surface area (Å²) in [6.07, 6.45) is 5.20. The summed E-state index contributed by atoms with van der Waals surface area (Å²) in [6.45, 7) is 4.34. The zero-order valence-electron chi connectivity index (χ0n) is 14.5. The summed E-state index contributed by atoms with van der Waals surface area (Å²) in [4.78, 5) is 8.80. The van der Waals surface area contributed by atoms with Gasteiger partial charge in [0.1, 0.15) is 17.9 Å². The quantitative estimate of drug-likeness (QED) is 0.561. The van der Waals surface area contributed by atoms with E-state index < -0.39 is 0 Å². The lowest BCUT2D eigenvalue weighted by Crippen LogP contribution is -1.99. The number of aromatic amines is 1. The molecule has 0 bridgehead atoms. The van der Waals surface area contributed by atoms with E-state index in [0.29, 0.717) is 17.4 Å². The Kier molecular flexibility index (Phi) is 4.31. The highest BCUT2D eigenvalue weighted by Gasteiger charge is 2.13. The van der Waals surface area contributed by atoms with Crippen LogP contribution in [0.15, 0.2) is 48.9 Å². The summed E-state index contributed by atoms with van der Waals surface area (Å²) in [7, 11) is 0. The predicted octanol–water partition coefficient (Wildman–Crippen LogP) is 4.87. The lowest BCUT2D eigenvalue weighted by atomic mass is 10.0. The Morgan fingerprint density at radius 3 is 2.81 bits per heavy atom. The van der Waals surface area contributed by atoms with Crippen LogP contribution in [0.25, 0.3) is 22.2 Å². The van der Waals surface area contributed by atoms with Crippen LogP contribution >= 0.6 is 11.6 Å². The van der Waals surface area contributed by atoms with Crippen molar-refractivity contribution in [3.8, 4) is 17.0 Å². The zero-order valence-corrected chi connectivity index (χ0v) is 15.2. The molecule has 0 saturated carbocycles. The van der Waals surface area contributed by atoms with E-state index in [1.165, 1.54) is 0 Å². The smallest absolute Gasteiger partial charge is 0.146 e. The minimum absolute atomic E-state index is 0.333. The lowest BCUT2D eigenvalue weighted by molar-refractivity contribution is 0.309. The summed E-state index contributed by atoms with van der Waals surface area (Å²) in [5.74, 6) is 0.713. The third-order valence-electron chi connectivity index (χ3n) is 4.26. The fourth-order valence-corrected chi connectivity index (χ4v) is 3.12. The highest BCUT2D eigenvalue weighted by Crippen LogP contribution is 2.34. The van der Waals surface area contributed by atoms with Gasteiger partial charge in [-0.25, -0.2) is 4.98 Å². The largest absolute Gasteiger partial charge is 0.487 e. The number of ether oxygens (including phenoxy) is 1. The van der Waals surface area contributed by atoms with Crippen LogP contribution < -0.4 is 4.74 Å². The molecular formula is C20H17ClN4O. The van der Waals surface area contributed by atoms with Gasteiger partial charge in [-0.3, -0.25) is 10.1 Å². The number of nitrogens with zero attached hydrogens (tertiary/aromatic N) is 3. The van der Waals surface area contributed by atoms with E-state index in [1.807, 2.05) is 38.2 Å². The van der Waals surface area contributed by atoms with Crippen molar-refractivity contribution in [2.75, 3.05) is 0 Å². The molecule has 0 aliphatic rings. The van der Waals surface area contributed by atoms with Crippen molar-refractivity contribution in [2.24, 2.45) is 0 Å². The Morgan fingerprint density at radius 1 is 1.15 bits per heavy atom. The van der Waals surface area contributed by atoms with Crippen LogP contribution in [0.2, 0.25) is 5.02 Å². The fraction of sp³-hybridized carbons (Fsp3) is 0.150. The molecule has 0 amide bonds. The molecule has 3 heterocycles. The Bertz CT molecular complexity index is 1090. The molecule has 0 saturated heterocycles. The van der Waals surface area contributed by atoms with Crippen molar-refractivity contribution < 1.29 is 4.74 Å². The molecule has 1 N–H and O–H groups in total. The monoisotopic (exact) mass is 364 g/mol. The molecule has 0 aliphatic carbocycles. The molecule has 3 aromatic heterocycles. The third kappa shape index (κ3) is 3.02. The first-order valence-electron chi connectivity index (χ1n) is 8.25. The van der Waals surface area contributed by atoms with Gasteiger partial charge in [0.25, 0.3) is 0 Å². The van der Waals surface area contributed by atoms with Crippen LogP contribution in [-0.2, 0) is 6.61 Å². The molecule has 0 unspecified atom stereocenters. The van der Waals surface area contributed by atoms with Gasteiger partial charge in [-0.1, -0.05) is 23.7 Å². The molecule has 26 heavy (non-hydrogen) atoms. The summed E-state index contributed by atoms with van der Waals surface area (Å²) in [5.41, 5.74) is 5.71. The van der Waals surface area contributed by atoms with Crippen molar-refractivity contribution in [3.05, 3.63) is 70.8 Å². The Hall–Kier alpha value is -2.92. The maximum atomic E-state index is 6.20. The highest BCUT2D eigenvalue weighted by atomic mass is 35.5. The van der Waals surface area contributed by atoms with Crippen molar-refractivity contribution >= 4 is 22.5 Å². The molecule has 0 spiro atoms. The number of benzene rings is 1. The number of rotatable bonds is 4. The molecule has 1 aromatic carbocycles. The average molecular weight is 365 g/mol. The maximum Gasteiger partial charge on any atom is 0.146 e. The Labute approximate surface area is 156 Å². The molecule has 0 atom stereocenters. The number of para-hydroxylation sites is 1. The highest BCUT2D eigenvalue weighted by molar-refractivity contribution is 6.31. The summed E-state index contributed by atoms with van der Waals surface area (Å²) in [5, 5.41) is 8.87. The second kappa shape index (κ2) is 6.77. The Morgan fingerprint density at radius 2 is 2.04 bits per heavy atom. The second-order valence-electron chi connectivity index (χ2n) is 6.15. The van der Waals surface area contributed by atoms with Crippen molar-refractivity contribution in [1.29, 1.82) is 0 Å². The van der Waals surface area contributed by atoms with Gasteiger partial charge < -0.3 is 4.74 Å². The number of hydrogen-bond acceptors (Lipinski definition) is 4. The van der Waals surface area contributed by atoms with E-state index in [4.69, 9.17) is 21.3 Å². The third-order valence-corrected chi connectivity index (χ3v) is 4.62. The van der Waals surface area contributed by atoms with Crippen LogP contribution in [0.1, 0.15) is 16.8 Å². The van der Waals surface area contributed by atoms with Crippen LogP contribution in [0.4, 0.5) is 0 Å². The van der Waals surface area contributed by atoms with Crippen LogP contribution in [0, 0.1) is 13.8 Å². The summed E-state index contributed by atoms with van der Waals surface area (Å²) < 4.78 is 6.03. The number of nitrogens with one attached hydrogen (secondary N) is 1. The number of H-pyrrole nitrogens is 1. The van der Waals surface area contributed by atoms with Gasteiger partial charge in [0.2, 0.25) is 0 Å². The Balaban J connectivity index is 1.78. The lowest BCUT2D eigenvalue weighted by Gasteiger charge is -2.12. The second-order valence-corrected chi connectivity index (χ2v) is 6.55. The first-order valence-corrected chi connectivity index (χ1v) is 8.63. The van der Waals surface area contributed by atoms with Crippen molar-refractivity contribution in [2.45, 2.75) is 20.5 Å². The first kappa shape index (κ1) is 16.5. The van der Waals surface area contributed by atoms with Gasteiger partial charge in [0, 0.05) is 34.6 Å². The molecule has 130 valence electrons. The van der Waals surface area contributed by atoms with Gasteiger partial charge in [-0.15, -0.1) is 0 Å². The van der Waals surface area contributed by atoms with E-state index in [2.05, 4.69) is 21.2 Å². The minimum atomic E-state index is 0.333. The maximum absolute atomic E-state index is 6.20.